The molecule has 0 radical (unpaired) electrons. The summed E-state index contributed by atoms with van der Waals surface area (Å²) in [5, 5.41) is 0. The van der Waals surface area contributed by atoms with Crippen LogP contribution in [0.25, 0.3) is 0 Å². The fourth-order valence-electron chi connectivity index (χ4n) is 2.97. The van der Waals surface area contributed by atoms with Crippen molar-refractivity contribution in [2.24, 2.45) is 5.92 Å². The van der Waals surface area contributed by atoms with Gasteiger partial charge in [0.15, 0.2) is 5.78 Å². The lowest BCUT2D eigenvalue weighted by Gasteiger charge is -2.15. The summed E-state index contributed by atoms with van der Waals surface area (Å²) in [7, 11) is 14.8. The van der Waals surface area contributed by atoms with E-state index in [2.05, 4.69) is 13.8 Å². The number of hydrogen-bond donors (Lipinski definition) is 0. The minimum absolute atomic E-state index is 0.319. The Balaban J connectivity index is 0.00000129. The van der Waals surface area contributed by atoms with Crippen LogP contribution < -0.4 is 0 Å². The molecule has 0 aromatic heterocycles. The van der Waals surface area contributed by atoms with Crippen LogP contribution in [0.2, 0.25) is 0 Å². The van der Waals surface area contributed by atoms with E-state index in [-0.39, 0.29) is 0 Å². The molecule has 0 saturated heterocycles. The highest BCUT2D eigenvalue weighted by Gasteiger charge is 2.14. The molecule has 0 saturated carbocycles. The topological polar surface area (TPSA) is 17.1 Å². The third-order valence-electron chi connectivity index (χ3n) is 4.23. The fourth-order valence-corrected chi connectivity index (χ4v) is 2.97. The third kappa shape index (κ3) is 16.2. The Morgan fingerprint density at radius 2 is 1.44 bits per heavy atom. The Hall–Kier alpha value is 0.292. The molecule has 0 heterocycles. The number of carbonyl (C=O) groups is 1. The molecule has 0 spiro atoms. The summed E-state index contributed by atoms with van der Waals surface area (Å²) >= 11 is -1.72. The van der Waals surface area contributed by atoms with Crippen LogP contribution in [-0.4, -0.2) is 17.2 Å². The van der Waals surface area contributed by atoms with E-state index in [0.717, 1.165) is 12.0 Å². The van der Waals surface area contributed by atoms with Crippen LogP contribution in [0.4, 0.5) is 0 Å². The first-order valence-corrected chi connectivity index (χ1v) is 14.7. The highest BCUT2D eigenvalue weighted by Crippen LogP contribution is 2.22. The van der Waals surface area contributed by atoms with Crippen LogP contribution >= 0.6 is 30.1 Å². The first-order chi connectivity index (χ1) is 12.0. The molecule has 1 aromatic carbocycles. The van der Waals surface area contributed by atoms with Crippen LogP contribution in [0.3, 0.4) is 0 Å². The van der Waals surface area contributed by atoms with E-state index in [1.165, 1.54) is 57.8 Å². The molecule has 1 nitrogen and oxygen atoms in total. The van der Waals surface area contributed by atoms with Gasteiger partial charge in [0.25, 0.3) is 0 Å². The maximum atomic E-state index is 12.3. The van der Waals surface area contributed by atoms with Crippen LogP contribution in [0.15, 0.2) is 30.3 Å². The second-order valence-electron chi connectivity index (χ2n) is 6.45. The molecular formula is C20H32AlCl3O. The molecule has 5 heteroatoms. The summed E-state index contributed by atoms with van der Waals surface area (Å²) in [6.07, 6.45) is 12.4. The first-order valence-electron chi connectivity index (χ1n) is 9.51. The molecule has 1 rings (SSSR count). The van der Waals surface area contributed by atoms with E-state index >= 15 is 0 Å². The number of rotatable bonds is 12. The lowest BCUT2D eigenvalue weighted by atomic mass is 9.89. The predicted molar refractivity (Wildman–Crippen MR) is 115 cm³/mol. The van der Waals surface area contributed by atoms with Crippen molar-refractivity contribution in [2.75, 3.05) is 0 Å². The Morgan fingerprint density at radius 1 is 0.880 bits per heavy atom. The fraction of sp³-hybridized carbons (Fsp3) is 0.650. The Bertz CT molecular complexity index is 423. The van der Waals surface area contributed by atoms with E-state index in [0.29, 0.717) is 11.7 Å². The van der Waals surface area contributed by atoms with Gasteiger partial charge in [0.05, 0.1) is 0 Å². The second kappa shape index (κ2) is 17.7. The molecule has 0 N–H and O–H groups in total. The van der Waals surface area contributed by atoms with Gasteiger partial charge in [0.2, 0.25) is 0 Å². The van der Waals surface area contributed by atoms with Gasteiger partial charge in [-0.2, -0.15) is 0 Å². The summed E-state index contributed by atoms with van der Waals surface area (Å²) in [5.41, 5.74) is 0.876. The molecular weight excluding hydrogens is 390 g/mol. The third-order valence-corrected chi connectivity index (χ3v) is 4.23. The molecule has 1 aromatic rings. The van der Waals surface area contributed by atoms with Crippen LogP contribution in [0.5, 0.6) is 0 Å². The molecule has 0 fully saturated rings. The quantitative estimate of drug-likeness (QED) is 0.189. The van der Waals surface area contributed by atoms with Gasteiger partial charge in [-0.05, 0) is 5.92 Å². The van der Waals surface area contributed by atoms with Crippen molar-refractivity contribution < 1.29 is 4.79 Å². The van der Waals surface area contributed by atoms with Gasteiger partial charge < -0.3 is 0 Å². The number of hydrogen-bond acceptors (Lipinski definition) is 1. The predicted octanol–water partition coefficient (Wildman–Crippen LogP) is 8.11. The second-order valence-corrected chi connectivity index (χ2v) is 12.9. The number of halogens is 3. The largest absolute Gasteiger partial charge is 0.643 e. The maximum absolute atomic E-state index is 12.3. The van der Waals surface area contributed by atoms with Crippen molar-refractivity contribution in [1.29, 1.82) is 0 Å². The summed E-state index contributed by atoms with van der Waals surface area (Å²) in [5.74, 6) is 0.897. The number of unbranched alkanes of at least 4 members (excludes halogenated alkanes) is 5. The van der Waals surface area contributed by atoms with Crippen LogP contribution in [0, 0.1) is 5.92 Å². The molecule has 0 aliphatic carbocycles. The van der Waals surface area contributed by atoms with Crippen molar-refractivity contribution >= 4 is 47.3 Å². The van der Waals surface area contributed by atoms with Crippen LogP contribution in [0.1, 0.15) is 88.4 Å². The Kier molecular flexibility index (Phi) is 17.9. The maximum Gasteiger partial charge on any atom is 0.643 e. The normalized spacial score (nSPS) is 11.4. The van der Waals surface area contributed by atoms with Gasteiger partial charge >= 0.3 is 11.4 Å². The Morgan fingerprint density at radius 3 is 2.00 bits per heavy atom. The molecule has 142 valence electrons. The zero-order valence-electron chi connectivity index (χ0n) is 15.7. The number of benzene rings is 1. The zero-order valence-corrected chi connectivity index (χ0v) is 19.1. The minimum Gasteiger partial charge on any atom is -0.294 e. The van der Waals surface area contributed by atoms with E-state index in [1.54, 1.807) is 0 Å². The number of Topliss-reactive ketones (excluding diaryl/α,β-unsaturated/α-hetero) is 1. The van der Waals surface area contributed by atoms with Crippen LogP contribution in [-0.2, 0) is 0 Å². The van der Waals surface area contributed by atoms with Crippen molar-refractivity contribution in [3.63, 3.8) is 0 Å². The molecule has 0 amide bonds. The highest BCUT2D eigenvalue weighted by molar-refractivity contribution is 7.54. The minimum atomic E-state index is -1.72. The van der Waals surface area contributed by atoms with Gasteiger partial charge in [-0.15, -0.1) is 0 Å². The number of ketones is 1. The molecule has 1 unspecified atom stereocenters. The molecule has 25 heavy (non-hydrogen) atoms. The van der Waals surface area contributed by atoms with E-state index in [4.69, 9.17) is 30.1 Å². The first kappa shape index (κ1) is 25.3. The average molecular weight is 422 g/mol. The smallest absolute Gasteiger partial charge is 0.294 e. The van der Waals surface area contributed by atoms with Crippen molar-refractivity contribution in [2.45, 2.75) is 78.1 Å². The van der Waals surface area contributed by atoms with E-state index in [1.807, 2.05) is 30.3 Å². The number of carbonyl (C=O) groups excluding carboxylic acids is 1. The summed E-state index contributed by atoms with van der Waals surface area (Å²) in [6, 6.07) is 9.76. The standard InChI is InChI=1S/C20H32O.Al.3ClH/c1-3-5-6-7-8-10-14-18(13-4-2)17-20(21)19-15-11-9-12-16-19;;;;/h9,11-12,15-16,18H,3-8,10,13-14,17H2,1-2H3;;3*1H/q;+3;;;/p-3. The summed E-state index contributed by atoms with van der Waals surface area (Å²) < 4.78 is 0. The zero-order chi connectivity index (χ0) is 18.9. The summed E-state index contributed by atoms with van der Waals surface area (Å²) in [6.45, 7) is 4.48. The van der Waals surface area contributed by atoms with Gasteiger partial charge in [-0.1, -0.05) is 102 Å². The molecule has 0 aliphatic rings. The van der Waals surface area contributed by atoms with E-state index in [9.17, 15) is 4.79 Å². The molecule has 0 bridgehead atoms. The highest BCUT2D eigenvalue weighted by atomic mass is 35.8. The molecule has 0 aliphatic heterocycles. The van der Waals surface area contributed by atoms with Gasteiger partial charge in [0, 0.05) is 12.0 Å². The average Bonchev–Trinajstić information content (AvgIpc) is 2.58. The van der Waals surface area contributed by atoms with E-state index < -0.39 is 11.4 Å². The lowest BCUT2D eigenvalue weighted by Crippen LogP contribution is -2.09. The van der Waals surface area contributed by atoms with Gasteiger partial charge in [-0.25, -0.2) is 30.1 Å². The summed E-state index contributed by atoms with van der Waals surface area (Å²) in [4.78, 5) is 12.3. The monoisotopic (exact) mass is 420 g/mol. The van der Waals surface area contributed by atoms with Crippen molar-refractivity contribution in [3.05, 3.63) is 35.9 Å². The lowest BCUT2D eigenvalue weighted by molar-refractivity contribution is 0.0955. The van der Waals surface area contributed by atoms with Crippen molar-refractivity contribution in [1.82, 2.24) is 0 Å². The molecule has 1 atom stereocenters. The van der Waals surface area contributed by atoms with Gasteiger partial charge in [0.1, 0.15) is 0 Å². The SMILES string of the molecule is CCCCCCCCC(CCC)CC(=O)c1ccccc1.[Cl][Al]([Cl])[Cl]. The Labute approximate surface area is 171 Å². The van der Waals surface area contributed by atoms with Gasteiger partial charge in [-0.3, -0.25) is 4.79 Å². The van der Waals surface area contributed by atoms with Crippen molar-refractivity contribution in [3.8, 4) is 0 Å².